The molecular weight excluding hydrogens is 433 g/mol. The first-order valence-electron chi connectivity index (χ1n) is 9.62. The molecule has 31 heavy (non-hydrogen) atoms. The first-order chi connectivity index (χ1) is 14.7. The Morgan fingerprint density at radius 3 is 2.45 bits per heavy atom. The third-order valence-corrected chi connectivity index (χ3v) is 6.92. The molecule has 1 fully saturated rings. The Bertz CT molecular complexity index is 1140. The van der Waals surface area contributed by atoms with Gasteiger partial charge in [0.1, 0.15) is 12.4 Å². The quantitative estimate of drug-likeness (QED) is 0.528. The van der Waals surface area contributed by atoms with Crippen molar-refractivity contribution in [3.05, 3.63) is 42.5 Å². The van der Waals surface area contributed by atoms with Gasteiger partial charge in [-0.2, -0.15) is 0 Å². The van der Waals surface area contributed by atoms with Crippen molar-refractivity contribution in [2.45, 2.75) is 6.36 Å². The van der Waals surface area contributed by atoms with Crippen molar-refractivity contribution >= 4 is 26.4 Å². The van der Waals surface area contributed by atoms with Gasteiger partial charge in [-0.05, 0) is 55.9 Å². The normalized spacial score (nSPS) is 17.0. The molecule has 6 nitrogen and oxygen atoms in total. The molecule has 0 unspecified atom stereocenters. The number of alkyl halides is 3. The number of nitrogens with zero attached hydrogens (tertiary/aromatic N) is 2. The second kappa shape index (κ2) is 8.43. The summed E-state index contributed by atoms with van der Waals surface area (Å²) in [6.07, 6.45) is -4.73. The summed E-state index contributed by atoms with van der Waals surface area (Å²) >= 11 is 0. The van der Waals surface area contributed by atoms with Crippen LogP contribution in [0.5, 0.6) is 11.6 Å². The van der Waals surface area contributed by atoms with Gasteiger partial charge in [0.2, 0.25) is 0 Å². The summed E-state index contributed by atoms with van der Waals surface area (Å²) in [4.78, 5) is 2.17. The van der Waals surface area contributed by atoms with E-state index in [1.807, 2.05) is 6.07 Å². The maximum Gasteiger partial charge on any atom is 0.573 e. The Kier molecular flexibility index (Phi) is 5.85. The highest BCUT2D eigenvalue weighted by atomic mass is 32.2. The SMILES string of the molecule is C=S1(=O)CCN(CCOc2noc3ccc(-c4ccc(OC(F)(F)F)cc4)cc23)CC1. The minimum absolute atomic E-state index is 0.279. The largest absolute Gasteiger partial charge is 0.573 e. The molecule has 2 aromatic carbocycles. The third-order valence-electron chi connectivity index (χ3n) is 5.06. The van der Waals surface area contributed by atoms with Crippen LogP contribution in [0.1, 0.15) is 0 Å². The molecule has 0 amide bonds. The van der Waals surface area contributed by atoms with Gasteiger partial charge in [-0.15, -0.1) is 13.2 Å². The fourth-order valence-corrected chi connectivity index (χ4v) is 4.74. The standard InChI is InChI=1S/C21H21F3N2O4S/c1-31(27)12-9-26(10-13-31)8-11-28-20-18-14-16(4-7-19(18)30-25-20)15-2-5-17(6-3-15)29-21(22,23)24/h2-7,14H,1,8-13H2. The summed E-state index contributed by atoms with van der Waals surface area (Å²) in [5.41, 5.74) is 2.04. The van der Waals surface area contributed by atoms with E-state index in [4.69, 9.17) is 9.26 Å². The van der Waals surface area contributed by atoms with Crippen molar-refractivity contribution in [3.8, 4) is 22.8 Å². The van der Waals surface area contributed by atoms with Gasteiger partial charge in [0.15, 0.2) is 5.58 Å². The minimum Gasteiger partial charge on any atom is -0.474 e. The van der Waals surface area contributed by atoms with Crippen LogP contribution in [0.3, 0.4) is 0 Å². The lowest BCUT2D eigenvalue weighted by Gasteiger charge is -2.28. The first kappa shape index (κ1) is 21.5. The first-order valence-corrected chi connectivity index (χ1v) is 11.7. The Balaban J connectivity index is 1.43. The number of hydrogen-bond donors (Lipinski definition) is 0. The fourth-order valence-electron chi connectivity index (χ4n) is 3.35. The van der Waals surface area contributed by atoms with Gasteiger partial charge in [-0.25, -0.2) is 0 Å². The maximum atomic E-state index is 12.3. The molecule has 1 aromatic heterocycles. The van der Waals surface area contributed by atoms with E-state index in [-0.39, 0.29) is 5.75 Å². The van der Waals surface area contributed by atoms with Crippen LogP contribution in [0.25, 0.3) is 22.1 Å². The number of halogens is 3. The van der Waals surface area contributed by atoms with Crippen LogP contribution in [0.4, 0.5) is 13.2 Å². The summed E-state index contributed by atoms with van der Waals surface area (Å²) < 4.78 is 63.9. The van der Waals surface area contributed by atoms with Crippen LogP contribution in [0.2, 0.25) is 0 Å². The van der Waals surface area contributed by atoms with E-state index in [9.17, 15) is 17.4 Å². The molecule has 0 bridgehead atoms. The van der Waals surface area contributed by atoms with Crippen LogP contribution in [-0.4, -0.2) is 64.2 Å². The molecule has 1 aliphatic rings. The van der Waals surface area contributed by atoms with Crippen molar-refractivity contribution < 1.29 is 31.4 Å². The molecule has 0 spiro atoms. The summed E-state index contributed by atoms with van der Waals surface area (Å²) in [5.74, 6) is 5.02. The third kappa shape index (κ3) is 5.50. The molecule has 0 aliphatic carbocycles. The monoisotopic (exact) mass is 454 g/mol. The molecule has 0 saturated carbocycles. The van der Waals surface area contributed by atoms with E-state index >= 15 is 0 Å². The van der Waals surface area contributed by atoms with Gasteiger partial charge in [-0.3, -0.25) is 9.11 Å². The number of rotatable bonds is 6. The van der Waals surface area contributed by atoms with Gasteiger partial charge >= 0.3 is 6.36 Å². The van der Waals surface area contributed by atoms with Crippen LogP contribution >= 0.6 is 0 Å². The number of hydrogen-bond acceptors (Lipinski definition) is 6. The molecule has 0 N–H and O–H groups in total. The van der Waals surface area contributed by atoms with E-state index in [1.54, 1.807) is 24.3 Å². The van der Waals surface area contributed by atoms with Gasteiger partial charge < -0.3 is 14.0 Å². The Morgan fingerprint density at radius 1 is 1.10 bits per heavy atom. The Hall–Kier alpha value is -2.72. The zero-order valence-electron chi connectivity index (χ0n) is 16.6. The van der Waals surface area contributed by atoms with E-state index < -0.39 is 15.9 Å². The summed E-state index contributed by atoms with van der Waals surface area (Å²) in [6.45, 7) is 2.52. The summed E-state index contributed by atoms with van der Waals surface area (Å²) in [5, 5.41) is 4.65. The zero-order valence-corrected chi connectivity index (χ0v) is 17.4. The summed E-state index contributed by atoms with van der Waals surface area (Å²) in [6, 6.07) is 11.0. The van der Waals surface area contributed by atoms with Crippen LogP contribution in [-0.2, 0) is 9.52 Å². The predicted molar refractivity (Wildman–Crippen MR) is 113 cm³/mol. The predicted octanol–water partition coefficient (Wildman–Crippen LogP) is 3.80. The van der Waals surface area contributed by atoms with Crippen LogP contribution in [0.15, 0.2) is 47.0 Å². The number of ether oxygens (including phenoxy) is 2. The van der Waals surface area contributed by atoms with Crippen LogP contribution < -0.4 is 9.47 Å². The Labute approximate surface area is 177 Å². The van der Waals surface area contributed by atoms with Crippen molar-refractivity contribution in [1.82, 2.24) is 10.1 Å². The number of fused-ring (bicyclic) bond motifs is 1. The molecule has 1 aliphatic heterocycles. The fraction of sp³-hybridized carbons (Fsp3) is 0.333. The highest BCUT2D eigenvalue weighted by Gasteiger charge is 2.31. The average molecular weight is 454 g/mol. The minimum atomic E-state index is -4.73. The van der Waals surface area contributed by atoms with Crippen molar-refractivity contribution in [2.24, 2.45) is 0 Å². The molecule has 0 atom stereocenters. The van der Waals surface area contributed by atoms with Gasteiger partial charge in [0.05, 0.1) is 5.39 Å². The molecule has 1 saturated heterocycles. The lowest BCUT2D eigenvalue weighted by Crippen LogP contribution is -2.42. The lowest BCUT2D eigenvalue weighted by molar-refractivity contribution is -0.274. The highest BCUT2D eigenvalue weighted by molar-refractivity contribution is 8.00. The molecule has 10 heteroatoms. The molecular formula is C21H21F3N2O4S. The van der Waals surface area contributed by atoms with E-state index in [1.165, 1.54) is 12.1 Å². The van der Waals surface area contributed by atoms with Crippen LogP contribution in [0, 0.1) is 0 Å². The number of benzene rings is 2. The Morgan fingerprint density at radius 2 is 1.77 bits per heavy atom. The smallest absolute Gasteiger partial charge is 0.474 e. The molecule has 3 aromatic rings. The maximum absolute atomic E-state index is 12.3. The molecule has 0 radical (unpaired) electrons. The van der Waals surface area contributed by atoms with E-state index in [0.29, 0.717) is 47.1 Å². The number of aromatic nitrogens is 1. The van der Waals surface area contributed by atoms with Crippen molar-refractivity contribution in [2.75, 3.05) is 37.7 Å². The molecule has 166 valence electrons. The van der Waals surface area contributed by atoms with E-state index in [2.05, 4.69) is 20.7 Å². The average Bonchev–Trinajstić information content (AvgIpc) is 3.11. The summed E-state index contributed by atoms with van der Waals surface area (Å²) in [7, 11) is -1.93. The molecule has 2 heterocycles. The second-order valence-corrected chi connectivity index (χ2v) is 10.1. The molecule has 4 rings (SSSR count). The highest BCUT2D eigenvalue weighted by Crippen LogP contribution is 2.31. The van der Waals surface area contributed by atoms with Gasteiger partial charge in [-0.1, -0.05) is 18.2 Å². The topological polar surface area (TPSA) is 64.8 Å². The van der Waals surface area contributed by atoms with Gasteiger partial charge in [0.25, 0.3) is 5.88 Å². The lowest BCUT2D eigenvalue weighted by atomic mass is 10.0. The van der Waals surface area contributed by atoms with Crippen molar-refractivity contribution in [1.29, 1.82) is 0 Å². The van der Waals surface area contributed by atoms with E-state index in [0.717, 1.165) is 18.7 Å². The van der Waals surface area contributed by atoms with Gasteiger partial charge in [0, 0.05) is 31.1 Å². The van der Waals surface area contributed by atoms with Crippen molar-refractivity contribution in [3.63, 3.8) is 0 Å². The second-order valence-electron chi connectivity index (χ2n) is 7.34. The zero-order chi connectivity index (χ0) is 22.1.